The molecule has 8 heteroatoms. The highest BCUT2D eigenvalue weighted by Gasteiger charge is 2.34. The number of nitrogens with zero attached hydrogens (tertiary/aromatic N) is 3. The zero-order chi connectivity index (χ0) is 14.3. The molecular formula is C11H20ClN3O4. The standard InChI is InChI=1S/C11H20ClN3O4/c12-5-6-15(13-19)11(18)14(7-8-16)9-3-1-2-4-10(9)17/h9-10,16-17H,1-8H2. The fraction of sp³-hybridized carbons (Fsp3) is 0.909. The molecule has 1 saturated carbocycles. The second kappa shape index (κ2) is 8.29. The highest BCUT2D eigenvalue weighted by molar-refractivity contribution is 6.18. The Morgan fingerprint density at radius 2 is 2.00 bits per heavy atom. The molecule has 0 aliphatic heterocycles. The first kappa shape index (κ1) is 16.1. The number of alkyl halides is 1. The Balaban J connectivity index is 2.79. The second-order valence-corrected chi connectivity index (χ2v) is 4.89. The lowest BCUT2D eigenvalue weighted by Crippen LogP contribution is -2.53. The van der Waals surface area contributed by atoms with E-state index in [0.717, 1.165) is 17.9 Å². The van der Waals surface area contributed by atoms with Crippen LogP contribution >= 0.6 is 11.6 Å². The third-order valence-electron chi connectivity index (χ3n) is 3.30. The minimum Gasteiger partial charge on any atom is -0.395 e. The number of hydrogen-bond donors (Lipinski definition) is 2. The number of halogens is 1. The van der Waals surface area contributed by atoms with E-state index >= 15 is 0 Å². The van der Waals surface area contributed by atoms with E-state index in [1.54, 1.807) is 0 Å². The summed E-state index contributed by atoms with van der Waals surface area (Å²) in [5.74, 6) is 0.0949. The van der Waals surface area contributed by atoms with Gasteiger partial charge in [-0.3, -0.25) is 0 Å². The molecule has 1 aliphatic rings. The Kier molecular flexibility index (Phi) is 7.04. The van der Waals surface area contributed by atoms with Gasteiger partial charge >= 0.3 is 6.03 Å². The zero-order valence-corrected chi connectivity index (χ0v) is 11.5. The number of rotatable bonds is 6. The topological polar surface area (TPSA) is 93.4 Å². The van der Waals surface area contributed by atoms with Crippen molar-refractivity contribution in [3.05, 3.63) is 4.91 Å². The first-order valence-corrected chi connectivity index (χ1v) is 6.95. The number of hydrogen-bond acceptors (Lipinski definition) is 5. The van der Waals surface area contributed by atoms with Crippen molar-refractivity contribution in [2.75, 3.05) is 25.6 Å². The maximum Gasteiger partial charge on any atom is 0.343 e. The molecule has 0 saturated heterocycles. The molecule has 0 heterocycles. The summed E-state index contributed by atoms with van der Waals surface area (Å²) in [5, 5.41) is 22.4. The Morgan fingerprint density at radius 3 is 2.53 bits per heavy atom. The summed E-state index contributed by atoms with van der Waals surface area (Å²) < 4.78 is 0. The van der Waals surface area contributed by atoms with E-state index in [1.165, 1.54) is 4.90 Å². The molecule has 19 heavy (non-hydrogen) atoms. The average Bonchev–Trinajstić information content (AvgIpc) is 2.42. The smallest absolute Gasteiger partial charge is 0.343 e. The maximum absolute atomic E-state index is 12.2. The number of aliphatic hydroxyl groups is 2. The third kappa shape index (κ3) is 4.29. The van der Waals surface area contributed by atoms with Gasteiger partial charge in [0.2, 0.25) is 0 Å². The van der Waals surface area contributed by atoms with Crippen molar-refractivity contribution in [2.24, 2.45) is 5.29 Å². The van der Waals surface area contributed by atoms with Crippen molar-refractivity contribution >= 4 is 17.6 Å². The molecule has 2 amide bonds. The van der Waals surface area contributed by atoms with E-state index in [2.05, 4.69) is 5.29 Å². The van der Waals surface area contributed by atoms with Crippen LogP contribution in [0.3, 0.4) is 0 Å². The van der Waals surface area contributed by atoms with Crippen molar-refractivity contribution in [2.45, 2.75) is 37.8 Å². The quantitative estimate of drug-likeness (QED) is 0.433. The van der Waals surface area contributed by atoms with Gasteiger partial charge in [0.15, 0.2) is 0 Å². The van der Waals surface area contributed by atoms with Crippen LogP contribution < -0.4 is 0 Å². The molecule has 1 aliphatic carbocycles. The summed E-state index contributed by atoms with van der Waals surface area (Å²) in [6, 6.07) is -0.997. The molecule has 0 aromatic rings. The fourth-order valence-corrected chi connectivity index (χ4v) is 2.53. The second-order valence-electron chi connectivity index (χ2n) is 4.51. The lowest BCUT2D eigenvalue weighted by Gasteiger charge is -2.38. The molecule has 2 N–H and O–H groups in total. The summed E-state index contributed by atoms with van der Waals surface area (Å²) in [6.45, 7) is -0.161. The third-order valence-corrected chi connectivity index (χ3v) is 3.47. The summed E-state index contributed by atoms with van der Waals surface area (Å²) in [6.07, 6.45) is 2.45. The molecule has 0 radical (unpaired) electrons. The van der Waals surface area contributed by atoms with E-state index < -0.39 is 12.1 Å². The number of aliphatic hydroxyl groups excluding tert-OH is 2. The van der Waals surface area contributed by atoms with Crippen LogP contribution in [0.2, 0.25) is 0 Å². The van der Waals surface area contributed by atoms with E-state index in [-0.39, 0.29) is 31.6 Å². The van der Waals surface area contributed by atoms with Crippen LogP contribution in [-0.4, -0.2) is 63.9 Å². The molecule has 1 fully saturated rings. The number of carbonyl (C=O) groups is 1. The van der Waals surface area contributed by atoms with E-state index in [1.807, 2.05) is 0 Å². The summed E-state index contributed by atoms with van der Waals surface area (Å²) in [5.41, 5.74) is 0. The van der Waals surface area contributed by atoms with E-state index in [0.29, 0.717) is 12.8 Å². The van der Waals surface area contributed by atoms with Gasteiger partial charge in [-0.05, 0) is 12.8 Å². The first-order chi connectivity index (χ1) is 9.15. The predicted molar refractivity (Wildman–Crippen MR) is 70.7 cm³/mol. The minimum absolute atomic E-state index is 0.00856. The number of urea groups is 1. The molecule has 0 aromatic heterocycles. The van der Waals surface area contributed by atoms with Crippen LogP contribution in [-0.2, 0) is 0 Å². The average molecular weight is 294 g/mol. The van der Waals surface area contributed by atoms with Crippen LogP contribution in [0.5, 0.6) is 0 Å². The zero-order valence-electron chi connectivity index (χ0n) is 10.7. The minimum atomic E-state index is -0.631. The van der Waals surface area contributed by atoms with Crippen LogP contribution in [0.1, 0.15) is 25.7 Å². The van der Waals surface area contributed by atoms with Gasteiger partial charge in [-0.1, -0.05) is 12.8 Å². The predicted octanol–water partition coefficient (Wildman–Crippen LogP) is 0.926. The molecule has 0 aromatic carbocycles. The lowest BCUT2D eigenvalue weighted by atomic mass is 9.91. The Labute approximate surface area is 117 Å². The van der Waals surface area contributed by atoms with Crippen molar-refractivity contribution in [1.82, 2.24) is 9.91 Å². The first-order valence-electron chi connectivity index (χ1n) is 6.42. The molecule has 2 atom stereocenters. The molecular weight excluding hydrogens is 274 g/mol. The Morgan fingerprint density at radius 1 is 1.32 bits per heavy atom. The van der Waals surface area contributed by atoms with Gasteiger partial charge in [-0.2, -0.15) is 5.01 Å². The van der Waals surface area contributed by atoms with Gasteiger partial charge in [-0.15, -0.1) is 16.5 Å². The van der Waals surface area contributed by atoms with Crippen LogP contribution in [0.15, 0.2) is 5.29 Å². The van der Waals surface area contributed by atoms with Crippen molar-refractivity contribution < 1.29 is 15.0 Å². The van der Waals surface area contributed by atoms with Crippen LogP contribution in [0.25, 0.3) is 0 Å². The summed E-state index contributed by atoms with van der Waals surface area (Å²) in [7, 11) is 0. The van der Waals surface area contributed by atoms with Gasteiger partial charge in [-0.25, -0.2) is 4.79 Å². The molecule has 0 bridgehead atoms. The van der Waals surface area contributed by atoms with Gasteiger partial charge in [0.1, 0.15) is 0 Å². The van der Waals surface area contributed by atoms with E-state index in [9.17, 15) is 14.8 Å². The van der Waals surface area contributed by atoms with Gasteiger partial charge in [0, 0.05) is 12.4 Å². The number of nitroso groups, excluding NO2 is 1. The lowest BCUT2D eigenvalue weighted by molar-refractivity contribution is 0.0219. The number of amides is 2. The highest BCUT2D eigenvalue weighted by Crippen LogP contribution is 2.24. The van der Waals surface area contributed by atoms with Crippen molar-refractivity contribution in [3.63, 3.8) is 0 Å². The van der Waals surface area contributed by atoms with Crippen LogP contribution in [0, 0.1) is 4.91 Å². The van der Waals surface area contributed by atoms with Crippen LogP contribution in [0.4, 0.5) is 4.79 Å². The molecule has 2 unspecified atom stereocenters. The molecule has 7 nitrogen and oxygen atoms in total. The van der Waals surface area contributed by atoms with Crippen molar-refractivity contribution in [3.8, 4) is 0 Å². The number of carbonyl (C=O) groups excluding carboxylic acids is 1. The normalized spacial score (nSPS) is 22.9. The highest BCUT2D eigenvalue weighted by atomic mass is 35.5. The summed E-state index contributed by atoms with van der Waals surface area (Å²) >= 11 is 5.51. The SMILES string of the molecule is O=NN(CCCl)C(=O)N(CCO)C1CCCCC1O. The fourth-order valence-electron chi connectivity index (χ4n) is 2.37. The monoisotopic (exact) mass is 293 g/mol. The van der Waals surface area contributed by atoms with Gasteiger partial charge in [0.05, 0.1) is 30.6 Å². The maximum atomic E-state index is 12.2. The van der Waals surface area contributed by atoms with Gasteiger partial charge < -0.3 is 15.1 Å². The largest absolute Gasteiger partial charge is 0.395 e. The van der Waals surface area contributed by atoms with Crippen molar-refractivity contribution in [1.29, 1.82) is 0 Å². The van der Waals surface area contributed by atoms with Gasteiger partial charge in [0.25, 0.3) is 0 Å². The Bertz CT molecular complexity index is 306. The Hall–Kier alpha value is -0.920. The molecule has 0 spiro atoms. The summed E-state index contributed by atoms with van der Waals surface area (Å²) in [4.78, 5) is 24.1. The molecule has 110 valence electrons. The van der Waals surface area contributed by atoms with E-state index in [4.69, 9.17) is 16.7 Å². The molecule has 1 rings (SSSR count).